The van der Waals surface area contributed by atoms with Crippen molar-refractivity contribution in [3.8, 4) is 0 Å². The molecule has 0 spiro atoms. The number of aliphatic hydroxyl groups excluding tert-OH is 1. The summed E-state index contributed by atoms with van der Waals surface area (Å²) in [6.07, 6.45) is -1.10. The summed E-state index contributed by atoms with van der Waals surface area (Å²) in [6, 6.07) is 0. The van der Waals surface area contributed by atoms with Crippen LogP contribution in [0.4, 0.5) is 0 Å². The summed E-state index contributed by atoms with van der Waals surface area (Å²) in [5, 5.41) is 11.6. The lowest BCUT2D eigenvalue weighted by Crippen LogP contribution is -2.38. The average Bonchev–Trinajstić information content (AvgIpc) is 1.97. The zero-order valence-electron chi connectivity index (χ0n) is 6.54. The van der Waals surface area contributed by atoms with Crippen LogP contribution in [0.3, 0.4) is 0 Å². The molecule has 0 saturated carbocycles. The third kappa shape index (κ3) is 5.78. The number of ether oxygens (including phenoxy) is 1. The van der Waals surface area contributed by atoms with Crippen LogP contribution in [0.2, 0.25) is 0 Å². The molecule has 0 aliphatic heterocycles. The van der Waals surface area contributed by atoms with Crippen molar-refractivity contribution >= 4 is 5.91 Å². The maximum Gasteiger partial charge on any atom is 0.247 e. The van der Waals surface area contributed by atoms with Crippen molar-refractivity contribution in [3.05, 3.63) is 0 Å². The summed E-state index contributed by atoms with van der Waals surface area (Å²) < 4.78 is 4.72. The van der Waals surface area contributed by atoms with E-state index in [1.807, 2.05) is 0 Å². The summed E-state index contributed by atoms with van der Waals surface area (Å²) in [6.45, 7) is 1.32. The minimum Gasteiger partial charge on any atom is -0.383 e. The minimum absolute atomic E-state index is 0.179. The van der Waals surface area contributed by atoms with Crippen LogP contribution in [-0.2, 0) is 9.53 Å². The molecule has 11 heavy (non-hydrogen) atoms. The molecule has 0 radical (unpaired) electrons. The van der Waals surface area contributed by atoms with E-state index in [0.717, 1.165) is 0 Å². The summed E-state index contributed by atoms with van der Waals surface area (Å²) in [7, 11) is 1.58. The SMILES string of the molecule is COCCNCC(O)C(N)=O. The number of carbonyl (C=O) groups is 1. The molecule has 1 unspecified atom stereocenters. The predicted octanol–water partition coefficient (Wildman–Crippen LogP) is -1.93. The number of methoxy groups -OCH3 is 1. The molecule has 1 amide bonds. The second-order valence-corrected chi connectivity index (χ2v) is 2.12. The lowest BCUT2D eigenvalue weighted by atomic mass is 10.3. The zero-order valence-corrected chi connectivity index (χ0v) is 6.54. The van der Waals surface area contributed by atoms with Gasteiger partial charge < -0.3 is 20.9 Å². The van der Waals surface area contributed by atoms with Crippen LogP contribution >= 0.6 is 0 Å². The maximum atomic E-state index is 10.3. The van der Waals surface area contributed by atoms with Gasteiger partial charge in [-0.1, -0.05) is 0 Å². The Morgan fingerprint density at radius 1 is 1.82 bits per heavy atom. The standard InChI is InChI=1S/C6H14N2O3/c1-11-3-2-8-4-5(9)6(7)10/h5,8-9H,2-4H2,1H3,(H2,7,10). The van der Waals surface area contributed by atoms with E-state index in [2.05, 4.69) is 5.32 Å². The summed E-state index contributed by atoms with van der Waals surface area (Å²) in [5.74, 6) is -0.713. The Hall–Kier alpha value is -0.650. The number of hydrogen-bond donors (Lipinski definition) is 3. The van der Waals surface area contributed by atoms with Crippen molar-refractivity contribution in [1.29, 1.82) is 0 Å². The number of nitrogens with two attached hydrogens (primary N) is 1. The lowest BCUT2D eigenvalue weighted by molar-refractivity contribution is -0.125. The molecule has 5 heteroatoms. The molecule has 0 rings (SSSR count). The molecule has 0 aromatic heterocycles. The monoisotopic (exact) mass is 162 g/mol. The van der Waals surface area contributed by atoms with E-state index in [1.54, 1.807) is 7.11 Å². The van der Waals surface area contributed by atoms with E-state index in [4.69, 9.17) is 15.6 Å². The third-order valence-corrected chi connectivity index (χ3v) is 1.15. The van der Waals surface area contributed by atoms with E-state index in [0.29, 0.717) is 13.2 Å². The first-order valence-corrected chi connectivity index (χ1v) is 3.35. The first-order chi connectivity index (χ1) is 5.18. The van der Waals surface area contributed by atoms with Gasteiger partial charge in [-0.15, -0.1) is 0 Å². The van der Waals surface area contributed by atoms with Gasteiger partial charge in [0.05, 0.1) is 6.61 Å². The van der Waals surface area contributed by atoms with E-state index in [9.17, 15) is 4.79 Å². The van der Waals surface area contributed by atoms with Crippen LogP contribution in [0.25, 0.3) is 0 Å². The lowest BCUT2D eigenvalue weighted by Gasteiger charge is -2.06. The van der Waals surface area contributed by atoms with Gasteiger partial charge in [0.2, 0.25) is 5.91 Å². The number of hydrogen-bond acceptors (Lipinski definition) is 4. The number of amides is 1. The predicted molar refractivity (Wildman–Crippen MR) is 39.9 cm³/mol. The molecule has 0 saturated heterocycles. The van der Waals surface area contributed by atoms with Crippen molar-refractivity contribution in [2.45, 2.75) is 6.10 Å². The van der Waals surface area contributed by atoms with Crippen LogP contribution in [0, 0.1) is 0 Å². The van der Waals surface area contributed by atoms with Gasteiger partial charge in [-0.25, -0.2) is 0 Å². The van der Waals surface area contributed by atoms with Gasteiger partial charge in [0.25, 0.3) is 0 Å². The highest BCUT2D eigenvalue weighted by Gasteiger charge is 2.08. The highest BCUT2D eigenvalue weighted by molar-refractivity contribution is 5.78. The van der Waals surface area contributed by atoms with Crippen LogP contribution < -0.4 is 11.1 Å². The van der Waals surface area contributed by atoms with Crippen molar-refractivity contribution in [2.24, 2.45) is 5.73 Å². The van der Waals surface area contributed by atoms with E-state index in [1.165, 1.54) is 0 Å². The van der Waals surface area contributed by atoms with E-state index < -0.39 is 12.0 Å². The van der Waals surface area contributed by atoms with Gasteiger partial charge in [-0.2, -0.15) is 0 Å². The fourth-order valence-corrected chi connectivity index (χ4v) is 0.514. The largest absolute Gasteiger partial charge is 0.383 e. The molecule has 0 bridgehead atoms. The molecular weight excluding hydrogens is 148 g/mol. The molecule has 0 fully saturated rings. The van der Waals surface area contributed by atoms with Gasteiger partial charge >= 0.3 is 0 Å². The summed E-state index contributed by atoms with van der Waals surface area (Å²) >= 11 is 0. The maximum absolute atomic E-state index is 10.3. The normalized spacial score (nSPS) is 12.9. The molecule has 0 aromatic carbocycles. The first kappa shape index (κ1) is 10.3. The molecule has 0 aromatic rings. The summed E-state index contributed by atoms with van der Waals surface area (Å²) in [4.78, 5) is 10.3. The topological polar surface area (TPSA) is 84.6 Å². The Morgan fingerprint density at radius 2 is 2.45 bits per heavy atom. The van der Waals surface area contributed by atoms with Gasteiger partial charge in [-0.05, 0) is 0 Å². The van der Waals surface area contributed by atoms with Crippen LogP contribution in [0.15, 0.2) is 0 Å². The van der Waals surface area contributed by atoms with Crippen LogP contribution in [0.1, 0.15) is 0 Å². The Balaban J connectivity index is 3.17. The smallest absolute Gasteiger partial charge is 0.247 e. The highest BCUT2D eigenvalue weighted by Crippen LogP contribution is 1.76. The molecule has 0 aliphatic rings. The Labute approximate surface area is 65.5 Å². The third-order valence-electron chi connectivity index (χ3n) is 1.15. The Morgan fingerprint density at radius 3 is 2.91 bits per heavy atom. The second kappa shape index (κ2) is 6.09. The molecule has 5 nitrogen and oxygen atoms in total. The molecule has 1 atom stereocenters. The molecule has 4 N–H and O–H groups in total. The Bertz CT molecular complexity index is 118. The van der Waals surface area contributed by atoms with E-state index in [-0.39, 0.29) is 6.54 Å². The zero-order chi connectivity index (χ0) is 8.69. The number of nitrogens with one attached hydrogen (secondary N) is 1. The fourth-order valence-electron chi connectivity index (χ4n) is 0.514. The quantitative estimate of drug-likeness (QED) is 0.397. The number of rotatable bonds is 6. The van der Waals surface area contributed by atoms with Crippen molar-refractivity contribution in [1.82, 2.24) is 5.32 Å². The second-order valence-electron chi connectivity index (χ2n) is 2.12. The number of primary amides is 1. The first-order valence-electron chi connectivity index (χ1n) is 3.35. The molecule has 0 heterocycles. The molecular formula is C6H14N2O3. The molecule has 0 aliphatic carbocycles. The summed E-state index contributed by atoms with van der Waals surface area (Å²) in [5.41, 5.74) is 4.79. The van der Waals surface area contributed by atoms with Crippen molar-refractivity contribution in [3.63, 3.8) is 0 Å². The average molecular weight is 162 g/mol. The van der Waals surface area contributed by atoms with Crippen LogP contribution in [0.5, 0.6) is 0 Å². The minimum atomic E-state index is -1.10. The van der Waals surface area contributed by atoms with Crippen molar-refractivity contribution < 1.29 is 14.6 Å². The molecule has 66 valence electrons. The highest BCUT2D eigenvalue weighted by atomic mass is 16.5. The van der Waals surface area contributed by atoms with Gasteiger partial charge in [0.1, 0.15) is 6.10 Å². The van der Waals surface area contributed by atoms with Gasteiger partial charge in [0.15, 0.2) is 0 Å². The fraction of sp³-hybridized carbons (Fsp3) is 0.833. The van der Waals surface area contributed by atoms with Crippen LogP contribution in [-0.4, -0.2) is 43.9 Å². The number of aliphatic hydroxyl groups is 1. The van der Waals surface area contributed by atoms with Gasteiger partial charge in [-0.3, -0.25) is 4.79 Å². The van der Waals surface area contributed by atoms with Gasteiger partial charge in [0, 0.05) is 20.2 Å². The Kier molecular flexibility index (Phi) is 5.73. The van der Waals surface area contributed by atoms with Crippen molar-refractivity contribution in [2.75, 3.05) is 26.8 Å². The number of carbonyl (C=O) groups excluding carboxylic acids is 1. The van der Waals surface area contributed by atoms with E-state index >= 15 is 0 Å².